The number of aliphatic hydroxyl groups excluding tert-OH is 2. The first-order valence-electron chi connectivity index (χ1n) is 11.6. The van der Waals surface area contributed by atoms with Gasteiger partial charge in [0.05, 0.1) is 24.5 Å². The number of hydrogen-bond donors (Lipinski definition) is 4. The van der Waals surface area contributed by atoms with Crippen molar-refractivity contribution in [1.82, 2.24) is 20.3 Å². The molecule has 4 heterocycles. The molecule has 4 rings (SSSR count). The number of halogens is 3. The van der Waals surface area contributed by atoms with Crippen LogP contribution in [0, 0.1) is 0 Å². The second-order valence-electron chi connectivity index (χ2n) is 8.69. The van der Waals surface area contributed by atoms with Crippen LogP contribution in [0.1, 0.15) is 30.4 Å². The van der Waals surface area contributed by atoms with Gasteiger partial charge < -0.3 is 25.2 Å². The standard InChI is InChI=1S/C22H26F3N7O5/c1-12(22(23,24)25)27-20(35)18-26-8-15-19(30-18)32(13-4-3-7-31(15)9-13)21(36)29-16-5-2-6-17(28-16)37-11-14(34)10-33/h2,5-6,8,12-14,33-34H,3-4,7,9-11H2,1H3,(H,27,35)(H,28,29,36)/t12?,13-,14?/m0/s1. The number of rotatable bonds is 7. The molecule has 2 aliphatic rings. The smallest absolute Gasteiger partial charge is 0.408 e. The van der Waals surface area contributed by atoms with Gasteiger partial charge in [0, 0.05) is 19.2 Å². The number of piperidine rings is 1. The molecule has 2 aliphatic heterocycles. The first-order chi connectivity index (χ1) is 17.6. The van der Waals surface area contributed by atoms with Crippen molar-refractivity contribution < 1.29 is 37.7 Å². The Balaban J connectivity index is 1.57. The Bertz CT molecular complexity index is 1150. The molecule has 0 aliphatic carbocycles. The fourth-order valence-electron chi connectivity index (χ4n) is 4.01. The summed E-state index contributed by atoms with van der Waals surface area (Å²) in [7, 11) is 0. The van der Waals surface area contributed by atoms with E-state index in [1.54, 1.807) is 6.07 Å². The molecule has 2 aromatic heterocycles. The molecular formula is C22H26F3N7O5. The van der Waals surface area contributed by atoms with Gasteiger partial charge >= 0.3 is 12.2 Å². The van der Waals surface area contributed by atoms with E-state index in [-0.39, 0.29) is 30.2 Å². The van der Waals surface area contributed by atoms with Crippen molar-refractivity contribution in [2.24, 2.45) is 0 Å². The van der Waals surface area contributed by atoms with Crippen molar-refractivity contribution >= 4 is 29.3 Å². The van der Waals surface area contributed by atoms with Gasteiger partial charge in [0.15, 0.2) is 5.82 Å². The van der Waals surface area contributed by atoms with Crippen LogP contribution in [0.25, 0.3) is 0 Å². The van der Waals surface area contributed by atoms with Crippen molar-refractivity contribution in [2.75, 3.05) is 41.4 Å². The van der Waals surface area contributed by atoms with E-state index in [9.17, 15) is 27.9 Å². The van der Waals surface area contributed by atoms with Gasteiger partial charge in [-0.05, 0) is 25.8 Å². The zero-order chi connectivity index (χ0) is 26.7. The number of nitrogens with zero attached hydrogens (tertiary/aromatic N) is 5. The van der Waals surface area contributed by atoms with E-state index < -0.39 is 42.7 Å². The predicted molar refractivity (Wildman–Crippen MR) is 125 cm³/mol. The Kier molecular flexibility index (Phi) is 7.63. The Hall–Kier alpha value is -3.72. The molecule has 2 bridgehead atoms. The lowest BCUT2D eigenvalue weighted by molar-refractivity contribution is -0.149. The molecular weight excluding hydrogens is 499 g/mol. The van der Waals surface area contributed by atoms with E-state index in [4.69, 9.17) is 9.84 Å². The Morgan fingerprint density at radius 3 is 2.81 bits per heavy atom. The minimum absolute atomic E-state index is 0.103. The summed E-state index contributed by atoms with van der Waals surface area (Å²) in [5.74, 6) is -1.27. The molecule has 12 nitrogen and oxygen atoms in total. The van der Waals surface area contributed by atoms with Crippen LogP contribution in [0.2, 0.25) is 0 Å². The van der Waals surface area contributed by atoms with Crippen LogP contribution in [0.4, 0.5) is 35.3 Å². The Labute approximate surface area is 209 Å². The van der Waals surface area contributed by atoms with Crippen LogP contribution in [0.3, 0.4) is 0 Å². The maximum Gasteiger partial charge on any atom is 0.408 e. The van der Waals surface area contributed by atoms with E-state index in [1.807, 2.05) is 10.2 Å². The highest BCUT2D eigenvalue weighted by Gasteiger charge is 2.40. The predicted octanol–water partition coefficient (Wildman–Crippen LogP) is 1.31. The number of pyridine rings is 1. The summed E-state index contributed by atoms with van der Waals surface area (Å²) in [6.07, 6.45) is -2.97. The molecule has 0 radical (unpaired) electrons. The molecule has 37 heavy (non-hydrogen) atoms. The fraction of sp³-hybridized carbons (Fsp3) is 0.500. The van der Waals surface area contributed by atoms with Gasteiger partial charge in [0.25, 0.3) is 5.91 Å². The van der Waals surface area contributed by atoms with Crippen molar-refractivity contribution in [2.45, 2.75) is 44.1 Å². The van der Waals surface area contributed by atoms with Gasteiger partial charge in [-0.25, -0.2) is 14.8 Å². The van der Waals surface area contributed by atoms with Gasteiger partial charge in [-0.2, -0.15) is 18.2 Å². The third kappa shape index (κ3) is 5.99. The number of aliphatic hydroxyl groups is 2. The number of alkyl halides is 3. The number of fused-ring (bicyclic) bond motifs is 4. The Morgan fingerprint density at radius 2 is 2.08 bits per heavy atom. The van der Waals surface area contributed by atoms with E-state index in [2.05, 4.69) is 20.3 Å². The average Bonchev–Trinajstić information content (AvgIpc) is 2.86. The molecule has 1 saturated heterocycles. The van der Waals surface area contributed by atoms with Gasteiger partial charge in [-0.3, -0.25) is 15.0 Å². The topological polar surface area (TPSA) is 153 Å². The van der Waals surface area contributed by atoms with Crippen LogP contribution in [0.5, 0.6) is 5.88 Å². The summed E-state index contributed by atoms with van der Waals surface area (Å²) >= 11 is 0. The third-order valence-corrected chi connectivity index (χ3v) is 5.93. The summed E-state index contributed by atoms with van der Waals surface area (Å²) in [4.78, 5) is 41.4. The van der Waals surface area contributed by atoms with Crippen molar-refractivity contribution in [3.8, 4) is 5.88 Å². The lowest BCUT2D eigenvalue weighted by Crippen LogP contribution is -2.56. The van der Waals surface area contributed by atoms with Crippen LogP contribution in [-0.2, 0) is 0 Å². The minimum Gasteiger partial charge on any atom is -0.475 e. The molecule has 4 N–H and O–H groups in total. The number of amides is 3. The number of anilines is 3. The van der Waals surface area contributed by atoms with Gasteiger partial charge in [-0.1, -0.05) is 6.07 Å². The second kappa shape index (κ2) is 10.7. The molecule has 200 valence electrons. The molecule has 2 aromatic rings. The summed E-state index contributed by atoms with van der Waals surface area (Å²) in [6.45, 7) is 1.30. The Morgan fingerprint density at radius 1 is 1.30 bits per heavy atom. The van der Waals surface area contributed by atoms with Crippen molar-refractivity contribution in [3.63, 3.8) is 0 Å². The maximum atomic E-state index is 13.4. The monoisotopic (exact) mass is 525 g/mol. The molecule has 15 heteroatoms. The highest BCUT2D eigenvalue weighted by molar-refractivity contribution is 6.04. The zero-order valence-electron chi connectivity index (χ0n) is 19.8. The quantitative estimate of drug-likeness (QED) is 0.419. The summed E-state index contributed by atoms with van der Waals surface area (Å²) < 4.78 is 44.0. The van der Waals surface area contributed by atoms with Crippen LogP contribution in [0.15, 0.2) is 24.4 Å². The zero-order valence-corrected chi connectivity index (χ0v) is 19.8. The first kappa shape index (κ1) is 26.3. The molecule has 0 saturated carbocycles. The lowest BCUT2D eigenvalue weighted by atomic mass is 10.0. The highest BCUT2D eigenvalue weighted by Crippen LogP contribution is 2.37. The molecule has 2 unspecified atom stereocenters. The summed E-state index contributed by atoms with van der Waals surface area (Å²) in [5, 5.41) is 22.8. The van der Waals surface area contributed by atoms with Crippen molar-refractivity contribution in [3.05, 3.63) is 30.2 Å². The van der Waals surface area contributed by atoms with Crippen LogP contribution < -0.4 is 25.2 Å². The molecule has 0 aromatic carbocycles. The number of carbonyl (C=O) groups excluding carboxylic acids is 2. The molecule has 1 fully saturated rings. The normalized spacial score (nSPS) is 18.5. The van der Waals surface area contributed by atoms with Gasteiger partial charge in [0.2, 0.25) is 11.7 Å². The molecule has 0 spiro atoms. The van der Waals surface area contributed by atoms with Crippen LogP contribution in [-0.4, -0.2) is 87.8 Å². The van der Waals surface area contributed by atoms with Crippen molar-refractivity contribution in [1.29, 1.82) is 0 Å². The van der Waals surface area contributed by atoms with E-state index >= 15 is 0 Å². The number of urea groups is 1. The SMILES string of the molecule is CC(NC(=O)c1ncc2c(n1)N(C(=O)Nc1cccc(OCC(O)CO)n1)[C@H]1CCCN2C1)C(F)(F)F. The summed E-state index contributed by atoms with van der Waals surface area (Å²) in [5.41, 5.74) is 0.481. The number of aromatic nitrogens is 3. The van der Waals surface area contributed by atoms with Gasteiger partial charge in [-0.15, -0.1) is 0 Å². The lowest BCUT2D eigenvalue weighted by Gasteiger charge is -2.45. The number of ether oxygens (including phenoxy) is 1. The maximum absolute atomic E-state index is 13.4. The molecule has 3 atom stereocenters. The number of hydrogen-bond acceptors (Lipinski definition) is 9. The third-order valence-electron chi connectivity index (χ3n) is 5.93. The first-order valence-corrected chi connectivity index (χ1v) is 11.6. The van der Waals surface area contributed by atoms with Crippen LogP contribution >= 0.6 is 0 Å². The second-order valence-corrected chi connectivity index (χ2v) is 8.69. The highest BCUT2D eigenvalue weighted by atomic mass is 19.4. The molecule has 3 amide bonds. The minimum atomic E-state index is -4.64. The van der Waals surface area contributed by atoms with Gasteiger partial charge in [0.1, 0.15) is 24.6 Å². The average molecular weight is 525 g/mol. The van der Waals surface area contributed by atoms with E-state index in [0.29, 0.717) is 25.2 Å². The van der Waals surface area contributed by atoms with E-state index in [0.717, 1.165) is 13.3 Å². The largest absolute Gasteiger partial charge is 0.475 e. The summed E-state index contributed by atoms with van der Waals surface area (Å²) in [6, 6.07) is 1.57. The number of nitrogens with one attached hydrogen (secondary N) is 2. The number of carbonyl (C=O) groups is 2. The fourth-order valence-corrected chi connectivity index (χ4v) is 4.01. The van der Waals surface area contributed by atoms with E-state index in [1.165, 1.54) is 23.2 Å².